The molecule has 0 radical (unpaired) electrons. The lowest BCUT2D eigenvalue weighted by Crippen LogP contribution is -2.49. The standard InChI is InChI=1S/C28H58O3/c1-21(23(3,4)5)19-31-27(13,14)25(9,10)17-18-29-28(15,16)26(11,12)22(2)20-30-24(6,7)8/h21-22H,17-20H2,1-16H3. The third kappa shape index (κ3) is 9.33. The Hall–Kier alpha value is -0.120. The van der Waals surface area contributed by atoms with Gasteiger partial charge in [0.25, 0.3) is 0 Å². The van der Waals surface area contributed by atoms with Crippen LogP contribution in [0.5, 0.6) is 0 Å². The molecule has 2 unspecified atom stereocenters. The van der Waals surface area contributed by atoms with E-state index in [1.54, 1.807) is 0 Å². The second kappa shape index (κ2) is 10.4. The summed E-state index contributed by atoms with van der Waals surface area (Å²) in [6.45, 7) is 38.1. The van der Waals surface area contributed by atoms with Gasteiger partial charge in [0, 0.05) is 6.61 Å². The highest BCUT2D eigenvalue weighted by Crippen LogP contribution is 2.43. The maximum Gasteiger partial charge on any atom is 0.0680 e. The highest BCUT2D eigenvalue weighted by Gasteiger charge is 2.44. The van der Waals surface area contributed by atoms with Crippen LogP contribution in [0.4, 0.5) is 0 Å². The Bertz CT molecular complexity index is 529. The number of rotatable bonds is 12. The van der Waals surface area contributed by atoms with Gasteiger partial charge < -0.3 is 14.2 Å². The minimum absolute atomic E-state index is 0.00574. The maximum absolute atomic E-state index is 6.55. The molecule has 0 saturated carbocycles. The first-order chi connectivity index (χ1) is 13.5. The second-order valence-electron chi connectivity index (χ2n) is 14.1. The SMILES string of the molecule is CC(COC(C)(C)C(C)(C)CCOC(C)(C)C(C)(C)C(C)COC(C)(C)C)C(C)(C)C. The maximum atomic E-state index is 6.55. The van der Waals surface area contributed by atoms with Gasteiger partial charge in [-0.1, -0.05) is 62.3 Å². The van der Waals surface area contributed by atoms with Crippen molar-refractivity contribution < 1.29 is 14.2 Å². The van der Waals surface area contributed by atoms with Gasteiger partial charge in [0.1, 0.15) is 0 Å². The summed E-state index contributed by atoms with van der Waals surface area (Å²) in [6.07, 6.45) is 0.955. The van der Waals surface area contributed by atoms with Crippen LogP contribution >= 0.6 is 0 Å². The molecule has 0 heterocycles. The Morgan fingerprint density at radius 2 is 1.00 bits per heavy atom. The first-order valence-electron chi connectivity index (χ1n) is 12.4. The number of ether oxygens (including phenoxy) is 3. The van der Waals surface area contributed by atoms with Crippen molar-refractivity contribution in [2.24, 2.45) is 28.1 Å². The van der Waals surface area contributed by atoms with E-state index in [0.29, 0.717) is 11.8 Å². The summed E-state index contributed by atoms with van der Waals surface area (Å²) in [5.74, 6) is 0.892. The molecule has 0 amide bonds. The van der Waals surface area contributed by atoms with Crippen molar-refractivity contribution in [2.75, 3.05) is 19.8 Å². The van der Waals surface area contributed by atoms with Crippen molar-refractivity contribution in [1.82, 2.24) is 0 Å². The Labute approximate surface area is 196 Å². The van der Waals surface area contributed by atoms with Crippen LogP contribution in [0.1, 0.15) is 117 Å². The van der Waals surface area contributed by atoms with Crippen molar-refractivity contribution in [3.05, 3.63) is 0 Å². The molecule has 0 aromatic carbocycles. The molecule has 0 aromatic heterocycles. The van der Waals surface area contributed by atoms with Gasteiger partial charge in [0.15, 0.2) is 0 Å². The van der Waals surface area contributed by atoms with Crippen molar-refractivity contribution in [2.45, 2.75) is 134 Å². The van der Waals surface area contributed by atoms with Crippen molar-refractivity contribution >= 4 is 0 Å². The molecule has 0 saturated heterocycles. The summed E-state index contributed by atoms with van der Waals surface area (Å²) >= 11 is 0. The van der Waals surface area contributed by atoms with Gasteiger partial charge in [-0.05, 0) is 83.0 Å². The van der Waals surface area contributed by atoms with Crippen LogP contribution < -0.4 is 0 Å². The van der Waals surface area contributed by atoms with Gasteiger partial charge in [-0.2, -0.15) is 0 Å². The van der Waals surface area contributed by atoms with E-state index in [4.69, 9.17) is 14.2 Å². The minimum atomic E-state index is -0.254. The molecule has 0 bridgehead atoms. The van der Waals surface area contributed by atoms with Gasteiger partial charge >= 0.3 is 0 Å². The molecule has 0 aliphatic carbocycles. The zero-order valence-electron chi connectivity index (χ0n) is 24.2. The predicted molar refractivity (Wildman–Crippen MR) is 136 cm³/mol. The monoisotopic (exact) mass is 442 g/mol. The van der Waals surface area contributed by atoms with Crippen LogP contribution in [0.2, 0.25) is 0 Å². The van der Waals surface area contributed by atoms with Crippen LogP contribution in [0.3, 0.4) is 0 Å². The quantitative estimate of drug-likeness (QED) is 0.305. The van der Waals surface area contributed by atoms with Gasteiger partial charge in [-0.25, -0.2) is 0 Å². The summed E-state index contributed by atoms with van der Waals surface area (Å²) in [5, 5.41) is 0. The smallest absolute Gasteiger partial charge is 0.0680 e. The third-order valence-electron chi connectivity index (χ3n) is 8.54. The third-order valence-corrected chi connectivity index (χ3v) is 8.54. The van der Waals surface area contributed by atoms with Crippen molar-refractivity contribution in [3.8, 4) is 0 Å². The van der Waals surface area contributed by atoms with Gasteiger partial charge in [0.2, 0.25) is 0 Å². The lowest BCUT2D eigenvalue weighted by atomic mass is 9.68. The molecule has 0 aliphatic heterocycles. The Morgan fingerprint density at radius 1 is 0.548 bits per heavy atom. The van der Waals surface area contributed by atoms with Gasteiger partial charge in [-0.15, -0.1) is 0 Å². The molecule has 2 atom stereocenters. The average Bonchev–Trinajstić information content (AvgIpc) is 2.55. The lowest BCUT2D eigenvalue weighted by Gasteiger charge is -2.47. The molecule has 0 aromatic rings. The van der Waals surface area contributed by atoms with E-state index < -0.39 is 0 Å². The molecule has 188 valence electrons. The van der Waals surface area contributed by atoms with E-state index in [2.05, 4.69) is 111 Å². The predicted octanol–water partition coefficient (Wildman–Crippen LogP) is 8.15. The van der Waals surface area contributed by atoms with Crippen LogP contribution in [0.25, 0.3) is 0 Å². The van der Waals surface area contributed by atoms with Crippen LogP contribution in [0.15, 0.2) is 0 Å². The average molecular weight is 443 g/mol. The van der Waals surface area contributed by atoms with Crippen LogP contribution in [-0.2, 0) is 14.2 Å². The summed E-state index contributed by atoms with van der Waals surface area (Å²) < 4.78 is 19.1. The molecule has 0 N–H and O–H groups in total. The molecule has 31 heavy (non-hydrogen) atoms. The minimum Gasteiger partial charge on any atom is -0.376 e. The zero-order valence-corrected chi connectivity index (χ0v) is 24.2. The summed E-state index contributed by atoms with van der Waals surface area (Å²) in [6, 6.07) is 0. The number of hydrogen-bond acceptors (Lipinski definition) is 3. The highest BCUT2D eigenvalue weighted by atomic mass is 16.5. The Morgan fingerprint density at radius 3 is 1.42 bits per heavy atom. The molecule has 3 heteroatoms. The van der Waals surface area contributed by atoms with Crippen molar-refractivity contribution in [3.63, 3.8) is 0 Å². The van der Waals surface area contributed by atoms with E-state index in [-0.39, 0.29) is 33.0 Å². The van der Waals surface area contributed by atoms with E-state index in [0.717, 1.165) is 26.2 Å². The molecule has 0 aliphatic rings. The van der Waals surface area contributed by atoms with E-state index in [1.165, 1.54) is 0 Å². The topological polar surface area (TPSA) is 27.7 Å². The molecule has 3 nitrogen and oxygen atoms in total. The van der Waals surface area contributed by atoms with E-state index in [1.807, 2.05) is 0 Å². The van der Waals surface area contributed by atoms with E-state index in [9.17, 15) is 0 Å². The van der Waals surface area contributed by atoms with Crippen molar-refractivity contribution in [1.29, 1.82) is 0 Å². The molecule has 0 fully saturated rings. The van der Waals surface area contributed by atoms with Crippen LogP contribution in [0, 0.1) is 28.1 Å². The summed E-state index contributed by atoms with van der Waals surface area (Å²) in [4.78, 5) is 0. The fraction of sp³-hybridized carbons (Fsp3) is 1.00. The molecular formula is C28H58O3. The first-order valence-corrected chi connectivity index (χ1v) is 12.4. The Balaban J connectivity index is 4.96. The highest BCUT2D eigenvalue weighted by molar-refractivity contribution is 4.93. The largest absolute Gasteiger partial charge is 0.376 e. The van der Waals surface area contributed by atoms with Gasteiger partial charge in [-0.3, -0.25) is 0 Å². The molecule has 0 rings (SSSR count). The summed E-state index contributed by atoms with van der Waals surface area (Å²) in [7, 11) is 0. The molecular weight excluding hydrogens is 384 g/mol. The number of hydrogen-bond donors (Lipinski definition) is 0. The van der Waals surface area contributed by atoms with Gasteiger partial charge in [0.05, 0.1) is 30.0 Å². The normalized spacial score (nSPS) is 17.0. The Kier molecular flexibility index (Phi) is 10.4. The first kappa shape index (κ1) is 30.9. The molecule has 0 spiro atoms. The fourth-order valence-electron chi connectivity index (χ4n) is 3.00. The second-order valence-corrected chi connectivity index (χ2v) is 14.1. The zero-order chi connectivity index (χ0) is 25.1. The van der Waals surface area contributed by atoms with Crippen LogP contribution in [-0.4, -0.2) is 36.6 Å². The lowest BCUT2D eigenvalue weighted by molar-refractivity contribution is -0.158. The summed E-state index contributed by atoms with van der Waals surface area (Å²) in [5.41, 5.74) is -0.344. The fourth-order valence-corrected chi connectivity index (χ4v) is 3.00. The van der Waals surface area contributed by atoms with E-state index >= 15 is 0 Å².